The van der Waals surface area contributed by atoms with Gasteiger partial charge in [0.1, 0.15) is 0 Å². The van der Waals surface area contributed by atoms with Gasteiger partial charge in [-0.05, 0) is 37.5 Å². The summed E-state index contributed by atoms with van der Waals surface area (Å²) in [5.74, 6) is 1.13. The third-order valence-electron chi connectivity index (χ3n) is 2.31. The molecule has 0 aliphatic carbocycles. The van der Waals surface area contributed by atoms with Crippen LogP contribution in [0.1, 0.15) is 53.4 Å². The minimum atomic E-state index is -3.78. The quantitative estimate of drug-likeness (QED) is 0.570. The lowest BCUT2D eigenvalue weighted by molar-refractivity contribution is 0.204. The first kappa shape index (κ1) is 16.9. The van der Waals surface area contributed by atoms with Gasteiger partial charge in [0.15, 0.2) is 0 Å². The van der Waals surface area contributed by atoms with E-state index in [4.69, 9.17) is 8.37 Å². The van der Waals surface area contributed by atoms with Gasteiger partial charge in [-0.3, -0.25) is 0 Å². The molecule has 0 aliphatic heterocycles. The summed E-state index contributed by atoms with van der Waals surface area (Å²) in [6.07, 6.45) is 3.41. The molecule has 0 unspecified atom stereocenters. The molecule has 5 heteroatoms. The molecule has 0 bridgehead atoms. The molecular weight excluding hydrogens is 240 g/mol. The Bertz CT molecular complexity index is 248. The van der Waals surface area contributed by atoms with Crippen molar-refractivity contribution in [1.29, 1.82) is 0 Å². The molecule has 0 fully saturated rings. The fourth-order valence-corrected chi connectivity index (χ4v) is 2.05. The van der Waals surface area contributed by atoms with E-state index in [0.29, 0.717) is 11.8 Å². The van der Waals surface area contributed by atoms with Crippen LogP contribution in [0.25, 0.3) is 0 Å². The van der Waals surface area contributed by atoms with Crippen LogP contribution >= 0.6 is 0 Å². The van der Waals surface area contributed by atoms with Crippen LogP contribution in [0, 0.1) is 11.8 Å². The standard InChI is InChI=1S/C12H26O4S/c1-11(2)7-5-9-15-17(13,14)16-10-6-8-12(3)4/h11-12H,5-10H2,1-4H3. The zero-order valence-corrected chi connectivity index (χ0v) is 12.3. The summed E-state index contributed by atoms with van der Waals surface area (Å²) in [4.78, 5) is 0. The average Bonchev–Trinajstić information content (AvgIpc) is 2.19. The van der Waals surface area contributed by atoms with E-state index in [2.05, 4.69) is 27.7 Å². The second-order valence-electron chi connectivity index (χ2n) is 5.12. The number of rotatable bonds is 10. The highest BCUT2D eigenvalue weighted by molar-refractivity contribution is 7.81. The largest absolute Gasteiger partial charge is 0.399 e. The van der Waals surface area contributed by atoms with Gasteiger partial charge in [-0.2, -0.15) is 8.42 Å². The summed E-state index contributed by atoms with van der Waals surface area (Å²) in [5.41, 5.74) is 0. The number of hydrogen-bond donors (Lipinski definition) is 0. The van der Waals surface area contributed by atoms with Gasteiger partial charge in [0, 0.05) is 0 Å². The molecule has 0 atom stereocenters. The molecule has 0 radical (unpaired) electrons. The van der Waals surface area contributed by atoms with E-state index in [-0.39, 0.29) is 13.2 Å². The Morgan fingerprint density at radius 1 is 0.824 bits per heavy atom. The van der Waals surface area contributed by atoms with Crippen LogP contribution in [0.5, 0.6) is 0 Å². The SMILES string of the molecule is CC(C)CCCOS(=O)(=O)OCCCC(C)C. The molecular formula is C12H26O4S. The van der Waals surface area contributed by atoms with Crippen molar-refractivity contribution in [3.05, 3.63) is 0 Å². The van der Waals surface area contributed by atoms with Crippen molar-refractivity contribution < 1.29 is 16.8 Å². The Balaban J connectivity index is 3.59. The first-order chi connectivity index (χ1) is 7.83. The van der Waals surface area contributed by atoms with Gasteiger partial charge in [0.25, 0.3) is 0 Å². The summed E-state index contributed by atoms with van der Waals surface area (Å²) in [7, 11) is -3.78. The summed E-state index contributed by atoms with van der Waals surface area (Å²) >= 11 is 0. The average molecular weight is 266 g/mol. The van der Waals surface area contributed by atoms with E-state index >= 15 is 0 Å². The Labute approximate surface area is 106 Å². The second kappa shape index (κ2) is 8.89. The van der Waals surface area contributed by atoms with Crippen molar-refractivity contribution in [2.75, 3.05) is 13.2 Å². The van der Waals surface area contributed by atoms with Crippen molar-refractivity contribution in [2.24, 2.45) is 11.8 Å². The van der Waals surface area contributed by atoms with Gasteiger partial charge in [-0.1, -0.05) is 27.7 Å². The molecule has 104 valence electrons. The van der Waals surface area contributed by atoms with Crippen LogP contribution in [-0.2, 0) is 18.8 Å². The van der Waals surface area contributed by atoms with E-state index < -0.39 is 10.4 Å². The van der Waals surface area contributed by atoms with E-state index in [9.17, 15) is 8.42 Å². The van der Waals surface area contributed by atoms with Crippen LogP contribution in [0.3, 0.4) is 0 Å². The van der Waals surface area contributed by atoms with Crippen molar-refractivity contribution in [3.8, 4) is 0 Å². The summed E-state index contributed by atoms with van der Waals surface area (Å²) in [6.45, 7) is 8.80. The van der Waals surface area contributed by atoms with Crippen LogP contribution < -0.4 is 0 Å². The maximum absolute atomic E-state index is 11.3. The molecule has 0 saturated heterocycles. The van der Waals surface area contributed by atoms with Crippen LogP contribution in [0.15, 0.2) is 0 Å². The lowest BCUT2D eigenvalue weighted by atomic mass is 10.1. The van der Waals surface area contributed by atoms with E-state index in [1.54, 1.807) is 0 Å². The summed E-state index contributed by atoms with van der Waals surface area (Å²) < 4.78 is 32.0. The van der Waals surface area contributed by atoms with Crippen LogP contribution in [0.4, 0.5) is 0 Å². The minimum Gasteiger partial charge on any atom is -0.248 e. The lowest BCUT2D eigenvalue weighted by Crippen LogP contribution is -2.12. The summed E-state index contributed by atoms with van der Waals surface area (Å²) in [6, 6.07) is 0. The van der Waals surface area contributed by atoms with Gasteiger partial charge in [-0.15, -0.1) is 0 Å². The van der Waals surface area contributed by atoms with Gasteiger partial charge in [0.05, 0.1) is 13.2 Å². The highest BCUT2D eigenvalue weighted by Crippen LogP contribution is 2.07. The number of hydrogen-bond acceptors (Lipinski definition) is 4. The van der Waals surface area contributed by atoms with Crippen molar-refractivity contribution >= 4 is 10.4 Å². The summed E-state index contributed by atoms with van der Waals surface area (Å²) in [5, 5.41) is 0. The Kier molecular flexibility index (Phi) is 8.82. The Morgan fingerprint density at radius 3 is 1.47 bits per heavy atom. The predicted octanol–water partition coefficient (Wildman–Crippen LogP) is 3.14. The molecule has 0 aromatic carbocycles. The molecule has 0 aromatic heterocycles. The van der Waals surface area contributed by atoms with E-state index in [1.165, 1.54) is 0 Å². The molecule has 0 saturated carbocycles. The van der Waals surface area contributed by atoms with Gasteiger partial charge in [-0.25, -0.2) is 8.37 Å². The van der Waals surface area contributed by atoms with Crippen molar-refractivity contribution in [2.45, 2.75) is 53.4 Å². The molecule has 4 nitrogen and oxygen atoms in total. The van der Waals surface area contributed by atoms with Gasteiger partial charge in [0.2, 0.25) is 0 Å². The third kappa shape index (κ3) is 12.1. The highest BCUT2D eigenvalue weighted by atomic mass is 32.3. The fraction of sp³-hybridized carbons (Fsp3) is 1.00. The predicted molar refractivity (Wildman–Crippen MR) is 69.0 cm³/mol. The first-order valence-electron chi connectivity index (χ1n) is 6.37. The molecule has 0 N–H and O–H groups in total. The van der Waals surface area contributed by atoms with Crippen LogP contribution in [0.2, 0.25) is 0 Å². The van der Waals surface area contributed by atoms with E-state index in [1.807, 2.05) is 0 Å². The van der Waals surface area contributed by atoms with Crippen molar-refractivity contribution in [3.63, 3.8) is 0 Å². The molecule has 17 heavy (non-hydrogen) atoms. The molecule has 0 aliphatic rings. The highest BCUT2D eigenvalue weighted by Gasteiger charge is 2.11. The second-order valence-corrected chi connectivity index (χ2v) is 6.41. The topological polar surface area (TPSA) is 52.6 Å². The Morgan fingerprint density at radius 2 is 1.18 bits per heavy atom. The van der Waals surface area contributed by atoms with Gasteiger partial charge >= 0.3 is 10.4 Å². The minimum absolute atomic E-state index is 0.213. The smallest absolute Gasteiger partial charge is 0.248 e. The zero-order valence-electron chi connectivity index (χ0n) is 11.4. The maximum Gasteiger partial charge on any atom is 0.399 e. The Hall–Kier alpha value is -0.130. The zero-order chi connectivity index (χ0) is 13.3. The van der Waals surface area contributed by atoms with Crippen molar-refractivity contribution in [1.82, 2.24) is 0 Å². The van der Waals surface area contributed by atoms with Crippen LogP contribution in [-0.4, -0.2) is 21.6 Å². The molecule has 0 aromatic rings. The molecule has 0 rings (SSSR count). The lowest BCUT2D eigenvalue weighted by Gasteiger charge is -2.08. The monoisotopic (exact) mass is 266 g/mol. The van der Waals surface area contributed by atoms with Gasteiger partial charge < -0.3 is 0 Å². The first-order valence-corrected chi connectivity index (χ1v) is 7.70. The molecule has 0 spiro atoms. The molecule has 0 amide bonds. The maximum atomic E-state index is 11.3. The normalized spacial score (nSPS) is 12.6. The molecule has 0 heterocycles. The third-order valence-corrected chi connectivity index (χ3v) is 3.22. The fourth-order valence-electron chi connectivity index (χ4n) is 1.34. The van der Waals surface area contributed by atoms with E-state index in [0.717, 1.165) is 25.7 Å².